The number of halogens is 2. The summed E-state index contributed by atoms with van der Waals surface area (Å²) in [6, 6.07) is 5.59. The molecule has 0 bridgehead atoms. The first kappa shape index (κ1) is 14.7. The quantitative estimate of drug-likeness (QED) is 0.867. The fourth-order valence-corrected chi connectivity index (χ4v) is 2.84. The second-order valence-electron chi connectivity index (χ2n) is 4.98. The number of carbonyl (C=O) groups is 1. The lowest BCUT2D eigenvalue weighted by molar-refractivity contribution is -0.122. The van der Waals surface area contributed by atoms with E-state index in [4.69, 9.17) is 11.6 Å². The summed E-state index contributed by atoms with van der Waals surface area (Å²) in [6.07, 6.45) is 4.61. The number of amides is 1. The summed E-state index contributed by atoms with van der Waals surface area (Å²) in [5.41, 5.74) is 0.769. The third-order valence-corrected chi connectivity index (χ3v) is 4.22. The van der Waals surface area contributed by atoms with Gasteiger partial charge in [0.15, 0.2) is 0 Å². The fraction of sp³-hybridized carbons (Fsp3) is 0.500. The maximum absolute atomic E-state index is 12.1. The van der Waals surface area contributed by atoms with Crippen molar-refractivity contribution in [3.63, 3.8) is 0 Å². The third-order valence-electron chi connectivity index (χ3n) is 3.40. The molecule has 1 amide bonds. The second kappa shape index (κ2) is 6.62. The van der Waals surface area contributed by atoms with Crippen molar-refractivity contribution in [3.8, 4) is 0 Å². The van der Waals surface area contributed by atoms with Gasteiger partial charge in [0.25, 0.3) is 0 Å². The lowest BCUT2D eigenvalue weighted by atomic mass is 10.2. The zero-order valence-corrected chi connectivity index (χ0v) is 13.2. The number of rotatable bonds is 4. The highest BCUT2D eigenvalue weighted by atomic mass is 79.9. The van der Waals surface area contributed by atoms with Crippen LogP contribution in [0.2, 0.25) is 5.02 Å². The Morgan fingerprint density at radius 3 is 2.79 bits per heavy atom. The van der Waals surface area contributed by atoms with Crippen LogP contribution in [0.15, 0.2) is 22.7 Å². The Morgan fingerprint density at radius 2 is 2.11 bits per heavy atom. The number of hydrogen-bond acceptors (Lipinski definition) is 2. The molecule has 1 atom stereocenters. The second-order valence-corrected chi connectivity index (χ2v) is 6.30. The standard InChI is InChI=1S/C14H18BrClN2O/c1-9(14(19)18-11-4-2-3-5-11)17-13-8-10(15)6-7-12(13)16/h6-9,11,17H,2-5H2,1H3,(H,18,19). The molecule has 2 rings (SSSR count). The van der Waals surface area contributed by atoms with Crippen LogP contribution in [0.5, 0.6) is 0 Å². The summed E-state index contributed by atoms with van der Waals surface area (Å²) in [7, 11) is 0. The first-order valence-corrected chi connectivity index (χ1v) is 7.75. The topological polar surface area (TPSA) is 41.1 Å². The van der Waals surface area contributed by atoms with E-state index in [1.807, 2.05) is 19.1 Å². The summed E-state index contributed by atoms with van der Waals surface area (Å²) in [6.45, 7) is 1.85. The van der Waals surface area contributed by atoms with Crippen molar-refractivity contribution < 1.29 is 4.79 Å². The van der Waals surface area contributed by atoms with E-state index in [0.717, 1.165) is 23.0 Å². The van der Waals surface area contributed by atoms with Gasteiger partial charge in [0.2, 0.25) is 5.91 Å². The fourth-order valence-electron chi connectivity index (χ4n) is 2.30. The third kappa shape index (κ3) is 4.11. The Morgan fingerprint density at radius 1 is 1.42 bits per heavy atom. The molecule has 0 radical (unpaired) electrons. The Labute approximate surface area is 127 Å². The zero-order chi connectivity index (χ0) is 13.8. The lowest BCUT2D eigenvalue weighted by Crippen LogP contribution is -2.42. The van der Waals surface area contributed by atoms with E-state index in [-0.39, 0.29) is 11.9 Å². The van der Waals surface area contributed by atoms with Crippen molar-refractivity contribution in [1.29, 1.82) is 0 Å². The molecule has 1 aromatic rings. The lowest BCUT2D eigenvalue weighted by Gasteiger charge is -2.19. The summed E-state index contributed by atoms with van der Waals surface area (Å²) in [5, 5.41) is 6.84. The Bertz CT molecular complexity index is 461. The van der Waals surface area contributed by atoms with Gasteiger partial charge < -0.3 is 10.6 Å². The van der Waals surface area contributed by atoms with Gasteiger partial charge in [0.05, 0.1) is 10.7 Å². The molecule has 5 heteroatoms. The molecule has 1 aliphatic rings. The van der Waals surface area contributed by atoms with E-state index in [9.17, 15) is 4.79 Å². The molecule has 0 heterocycles. The van der Waals surface area contributed by atoms with Crippen molar-refractivity contribution >= 4 is 39.1 Å². The normalized spacial score (nSPS) is 17.2. The average Bonchev–Trinajstić information content (AvgIpc) is 2.86. The van der Waals surface area contributed by atoms with Gasteiger partial charge in [-0.2, -0.15) is 0 Å². The van der Waals surface area contributed by atoms with Gasteiger partial charge >= 0.3 is 0 Å². The van der Waals surface area contributed by atoms with Crippen LogP contribution >= 0.6 is 27.5 Å². The molecule has 0 saturated heterocycles. The number of carbonyl (C=O) groups excluding carboxylic acids is 1. The molecule has 1 aromatic carbocycles. The molecular weight excluding hydrogens is 328 g/mol. The molecule has 3 nitrogen and oxygen atoms in total. The highest BCUT2D eigenvalue weighted by molar-refractivity contribution is 9.10. The van der Waals surface area contributed by atoms with E-state index < -0.39 is 0 Å². The van der Waals surface area contributed by atoms with Crippen LogP contribution in [0, 0.1) is 0 Å². The van der Waals surface area contributed by atoms with E-state index in [1.54, 1.807) is 6.07 Å². The van der Waals surface area contributed by atoms with E-state index in [1.165, 1.54) is 12.8 Å². The van der Waals surface area contributed by atoms with Gasteiger partial charge in [0.1, 0.15) is 6.04 Å². The van der Waals surface area contributed by atoms with Crippen molar-refractivity contribution in [2.75, 3.05) is 5.32 Å². The van der Waals surface area contributed by atoms with Gasteiger partial charge in [-0.3, -0.25) is 4.79 Å². The van der Waals surface area contributed by atoms with Gasteiger partial charge in [-0.05, 0) is 38.0 Å². The van der Waals surface area contributed by atoms with Crippen molar-refractivity contribution in [1.82, 2.24) is 5.32 Å². The molecule has 1 aliphatic carbocycles. The predicted octanol–water partition coefficient (Wildman–Crippen LogP) is 3.96. The van der Waals surface area contributed by atoms with Gasteiger partial charge in [-0.25, -0.2) is 0 Å². The van der Waals surface area contributed by atoms with Crippen molar-refractivity contribution in [2.45, 2.75) is 44.7 Å². The zero-order valence-electron chi connectivity index (χ0n) is 10.9. The Hall–Kier alpha value is -0.740. The molecule has 0 aliphatic heterocycles. The number of benzene rings is 1. The van der Waals surface area contributed by atoms with Crippen molar-refractivity contribution in [3.05, 3.63) is 27.7 Å². The smallest absolute Gasteiger partial charge is 0.242 e. The summed E-state index contributed by atoms with van der Waals surface area (Å²) < 4.78 is 0.933. The van der Waals surface area contributed by atoms with Crippen LogP contribution in [-0.2, 0) is 4.79 Å². The van der Waals surface area contributed by atoms with Crippen LogP contribution in [0.3, 0.4) is 0 Å². The largest absolute Gasteiger partial charge is 0.373 e. The minimum atomic E-state index is -0.299. The van der Waals surface area contributed by atoms with Crippen LogP contribution in [0.1, 0.15) is 32.6 Å². The van der Waals surface area contributed by atoms with Crippen molar-refractivity contribution in [2.24, 2.45) is 0 Å². The summed E-state index contributed by atoms with van der Waals surface area (Å²) in [5.74, 6) is 0.0305. The SMILES string of the molecule is CC(Nc1cc(Br)ccc1Cl)C(=O)NC1CCCC1. The maximum atomic E-state index is 12.1. The van der Waals surface area contributed by atoms with E-state index >= 15 is 0 Å². The summed E-state index contributed by atoms with van der Waals surface area (Å²) >= 11 is 9.50. The highest BCUT2D eigenvalue weighted by Crippen LogP contribution is 2.26. The van der Waals surface area contributed by atoms with Gasteiger partial charge in [0, 0.05) is 10.5 Å². The Kier molecular flexibility index (Phi) is 5.11. The maximum Gasteiger partial charge on any atom is 0.242 e. The van der Waals surface area contributed by atoms with Gasteiger partial charge in [-0.15, -0.1) is 0 Å². The van der Waals surface area contributed by atoms with Crippen LogP contribution in [-0.4, -0.2) is 18.0 Å². The predicted molar refractivity (Wildman–Crippen MR) is 82.6 cm³/mol. The monoisotopic (exact) mass is 344 g/mol. The average molecular weight is 346 g/mol. The number of nitrogens with one attached hydrogen (secondary N) is 2. The minimum Gasteiger partial charge on any atom is -0.373 e. The first-order chi connectivity index (χ1) is 9.06. The van der Waals surface area contributed by atoms with E-state index in [0.29, 0.717) is 11.1 Å². The van der Waals surface area contributed by atoms with Crippen LogP contribution in [0.25, 0.3) is 0 Å². The van der Waals surface area contributed by atoms with Gasteiger partial charge in [-0.1, -0.05) is 40.4 Å². The molecule has 2 N–H and O–H groups in total. The minimum absolute atomic E-state index is 0.0305. The van der Waals surface area contributed by atoms with Crippen LogP contribution in [0.4, 0.5) is 5.69 Å². The molecule has 1 saturated carbocycles. The molecule has 104 valence electrons. The van der Waals surface area contributed by atoms with E-state index in [2.05, 4.69) is 26.6 Å². The number of hydrogen-bond donors (Lipinski definition) is 2. The molecule has 0 aromatic heterocycles. The number of anilines is 1. The van der Waals surface area contributed by atoms with Crippen LogP contribution < -0.4 is 10.6 Å². The molecular formula is C14H18BrClN2O. The molecule has 19 heavy (non-hydrogen) atoms. The Balaban J connectivity index is 1.93. The first-order valence-electron chi connectivity index (χ1n) is 6.58. The molecule has 0 spiro atoms. The molecule has 1 fully saturated rings. The molecule has 1 unspecified atom stereocenters. The summed E-state index contributed by atoms with van der Waals surface area (Å²) in [4.78, 5) is 12.1. The highest BCUT2D eigenvalue weighted by Gasteiger charge is 2.20.